The molecular formula is C17H26BrN. The first-order valence-electron chi connectivity index (χ1n) is 7.65. The van der Waals surface area contributed by atoms with Crippen molar-refractivity contribution in [3.63, 3.8) is 0 Å². The molecule has 1 atom stereocenters. The van der Waals surface area contributed by atoms with Gasteiger partial charge >= 0.3 is 0 Å². The highest BCUT2D eigenvalue weighted by Gasteiger charge is 2.25. The Morgan fingerprint density at radius 1 is 1.21 bits per heavy atom. The standard InChI is InChI=1S/C17H26BrN/c1-13(2)19-12-17(14-7-4-3-5-8-14)15-9-6-10-16(18)11-15/h6,9-11,13-14,17,19H,3-5,7-8,12H2,1-2H3. The third-order valence-corrected chi connectivity index (χ3v) is 4.73. The quantitative estimate of drug-likeness (QED) is 0.793. The van der Waals surface area contributed by atoms with E-state index in [1.807, 2.05) is 0 Å². The number of hydrogen-bond acceptors (Lipinski definition) is 1. The Bertz CT molecular complexity index is 383. The van der Waals surface area contributed by atoms with Crippen LogP contribution in [0.2, 0.25) is 0 Å². The Labute approximate surface area is 126 Å². The normalized spacial score (nSPS) is 18.7. The van der Waals surface area contributed by atoms with Crippen molar-refractivity contribution in [3.05, 3.63) is 34.3 Å². The third-order valence-electron chi connectivity index (χ3n) is 4.24. The molecule has 2 rings (SSSR count). The van der Waals surface area contributed by atoms with Crippen molar-refractivity contribution in [2.45, 2.75) is 57.9 Å². The van der Waals surface area contributed by atoms with Crippen LogP contribution in [0.4, 0.5) is 0 Å². The van der Waals surface area contributed by atoms with Crippen LogP contribution < -0.4 is 5.32 Å². The van der Waals surface area contributed by atoms with Crippen molar-refractivity contribution in [1.82, 2.24) is 5.32 Å². The lowest BCUT2D eigenvalue weighted by Crippen LogP contribution is -2.32. The van der Waals surface area contributed by atoms with E-state index in [4.69, 9.17) is 0 Å². The van der Waals surface area contributed by atoms with Crippen LogP contribution >= 0.6 is 15.9 Å². The maximum atomic E-state index is 3.65. The second-order valence-corrected chi connectivity index (χ2v) is 7.04. The second-order valence-electron chi connectivity index (χ2n) is 6.12. The minimum atomic E-state index is 0.568. The molecule has 0 spiro atoms. The number of benzene rings is 1. The number of rotatable bonds is 5. The first kappa shape index (κ1) is 15.1. The van der Waals surface area contributed by atoms with Gasteiger partial charge in [-0.05, 0) is 42.4 Å². The lowest BCUT2D eigenvalue weighted by Gasteiger charge is -2.31. The summed E-state index contributed by atoms with van der Waals surface area (Å²) in [5.41, 5.74) is 1.49. The molecule has 0 amide bonds. The molecular weight excluding hydrogens is 298 g/mol. The molecule has 0 aliphatic heterocycles. The average Bonchev–Trinajstić information content (AvgIpc) is 2.40. The van der Waals surface area contributed by atoms with Gasteiger partial charge < -0.3 is 5.32 Å². The zero-order valence-electron chi connectivity index (χ0n) is 12.2. The van der Waals surface area contributed by atoms with Crippen molar-refractivity contribution >= 4 is 15.9 Å². The van der Waals surface area contributed by atoms with Gasteiger partial charge in [0.25, 0.3) is 0 Å². The molecule has 106 valence electrons. The van der Waals surface area contributed by atoms with Gasteiger partial charge in [0.1, 0.15) is 0 Å². The molecule has 0 heterocycles. The summed E-state index contributed by atoms with van der Waals surface area (Å²) >= 11 is 3.61. The van der Waals surface area contributed by atoms with Gasteiger partial charge in [-0.1, -0.05) is 61.2 Å². The van der Waals surface area contributed by atoms with Crippen LogP contribution in [-0.4, -0.2) is 12.6 Å². The average molecular weight is 324 g/mol. The van der Waals surface area contributed by atoms with Crippen LogP contribution in [0.1, 0.15) is 57.4 Å². The molecule has 1 aromatic rings. The van der Waals surface area contributed by atoms with E-state index in [1.54, 1.807) is 0 Å². The van der Waals surface area contributed by atoms with Crippen LogP contribution in [0.5, 0.6) is 0 Å². The first-order chi connectivity index (χ1) is 9.16. The lowest BCUT2D eigenvalue weighted by atomic mass is 9.76. The predicted octanol–water partition coefficient (Wildman–Crippen LogP) is 5.11. The summed E-state index contributed by atoms with van der Waals surface area (Å²) in [5.74, 6) is 1.52. The van der Waals surface area contributed by atoms with Gasteiger partial charge in [-0.2, -0.15) is 0 Å². The fraction of sp³-hybridized carbons (Fsp3) is 0.647. The van der Waals surface area contributed by atoms with Crippen molar-refractivity contribution in [1.29, 1.82) is 0 Å². The van der Waals surface area contributed by atoms with Gasteiger partial charge in [-0.15, -0.1) is 0 Å². The van der Waals surface area contributed by atoms with Crippen LogP contribution in [0.25, 0.3) is 0 Å². The van der Waals surface area contributed by atoms with E-state index in [0.29, 0.717) is 12.0 Å². The van der Waals surface area contributed by atoms with E-state index in [-0.39, 0.29) is 0 Å². The van der Waals surface area contributed by atoms with E-state index in [0.717, 1.165) is 12.5 Å². The molecule has 1 saturated carbocycles. The van der Waals surface area contributed by atoms with E-state index in [9.17, 15) is 0 Å². The van der Waals surface area contributed by atoms with E-state index in [1.165, 1.54) is 42.1 Å². The molecule has 0 bridgehead atoms. The van der Waals surface area contributed by atoms with Crippen molar-refractivity contribution in [2.75, 3.05) is 6.54 Å². The van der Waals surface area contributed by atoms with Crippen LogP contribution in [0.3, 0.4) is 0 Å². The van der Waals surface area contributed by atoms with Gasteiger partial charge in [-0.3, -0.25) is 0 Å². The monoisotopic (exact) mass is 323 g/mol. The molecule has 1 nitrogen and oxygen atoms in total. The molecule has 0 saturated heterocycles. The summed E-state index contributed by atoms with van der Waals surface area (Å²) in [4.78, 5) is 0. The SMILES string of the molecule is CC(C)NCC(c1cccc(Br)c1)C1CCCCC1. The van der Waals surface area contributed by atoms with Gasteiger partial charge in [0.05, 0.1) is 0 Å². The molecule has 1 aromatic carbocycles. The summed E-state index contributed by atoms with van der Waals surface area (Å²) in [6.07, 6.45) is 7.06. The Kier molecular flexibility index (Phi) is 5.90. The van der Waals surface area contributed by atoms with Crippen LogP contribution in [0, 0.1) is 5.92 Å². The molecule has 0 radical (unpaired) electrons. The largest absolute Gasteiger partial charge is 0.314 e. The Morgan fingerprint density at radius 3 is 2.58 bits per heavy atom. The summed E-state index contributed by atoms with van der Waals surface area (Å²) in [7, 11) is 0. The van der Waals surface area contributed by atoms with Crippen molar-refractivity contribution < 1.29 is 0 Å². The molecule has 19 heavy (non-hydrogen) atoms. The smallest absolute Gasteiger partial charge is 0.0178 e. The third kappa shape index (κ3) is 4.61. The molecule has 1 fully saturated rings. The highest BCUT2D eigenvalue weighted by molar-refractivity contribution is 9.10. The van der Waals surface area contributed by atoms with E-state index < -0.39 is 0 Å². The Morgan fingerprint density at radius 2 is 1.95 bits per heavy atom. The van der Waals surface area contributed by atoms with Crippen molar-refractivity contribution in [3.8, 4) is 0 Å². The topological polar surface area (TPSA) is 12.0 Å². The van der Waals surface area contributed by atoms with Crippen LogP contribution in [-0.2, 0) is 0 Å². The molecule has 1 N–H and O–H groups in total. The zero-order valence-corrected chi connectivity index (χ0v) is 13.7. The maximum absolute atomic E-state index is 3.65. The maximum Gasteiger partial charge on any atom is 0.0178 e. The fourth-order valence-corrected chi connectivity index (χ4v) is 3.61. The highest BCUT2D eigenvalue weighted by atomic mass is 79.9. The lowest BCUT2D eigenvalue weighted by molar-refractivity contribution is 0.293. The number of halogens is 1. The van der Waals surface area contributed by atoms with Crippen LogP contribution in [0.15, 0.2) is 28.7 Å². The summed E-state index contributed by atoms with van der Waals surface area (Å²) in [5, 5.41) is 3.65. The van der Waals surface area contributed by atoms with Gasteiger partial charge in [-0.25, -0.2) is 0 Å². The summed E-state index contributed by atoms with van der Waals surface area (Å²) in [6.45, 7) is 5.58. The van der Waals surface area contributed by atoms with Gasteiger partial charge in [0.15, 0.2) is 0 Å². The Hall–Kier alpha value is -0.340. The van der Waals surface area contributed by atoms with Gasteiger partial charge in [0, 0.05) is 17.1 Å². The van der Waals surface area contributed by atoms with Crippen molar-refractivity contribution in [2.24, 2.45) is 5.92 Å². The summed E-state index contributed by atoms with van der Waals surface area (Å²) < 4.78 is 1.20. The molecule has 1 aliphatic carbocycles. The molecule has 1 aliphatic rings. The number of hydrogen-bond donors (Lipinski definition) is 1. The predicted molar refractivity (Wildman–Crippen MR) is 86.6 cm³/mol. The minimum Gasteiger partial charge on any atom is -0.314 e. The van der Waals surface area contributed by atoms with Gasteiger partial charge in [0.2, 0.25) is 0 Å². The molecule has 0 aromatic heterocycles. The highest BCUT2D eigenvalue weighted by Crippen LogP contribution is 2.36. The molecule has 2 heteroatoms. The first-order valence-corrected chi connectivity index (χ1v) is 8.45. The Balaban J connectivity index is 2.12. The zero-order chi connectivity index (χ0) is 13.7. The minimum absolute atomic E-state index is 0.568. The number of nitrogens with one attached hydrogen (secondary N) is 1. The van der Waals surface area contributed by atoms with E-state index >= 15 is 0 Å². The second kappa shape index (κ2) is 7.44. The van der Waals surface area contributed by atoms with E-state index in [2.05, 4.69) is 59.4 Å². The summed E-state index contributed by atoms with van der Waals surface area (Å²) in [6, 6.07) is 9.47. The molecule has 1 unspecified atom stereocenters. The fourth-order valence-electron chi connectivity index (χ4n) is 3.19.